The third-order valence-corrected chi connectivity index (χ3v) is 4.82. The van der Waals surface area contributed by atoms with Crippen molar-refractivity contribution < 1.29 is 19.4 Å². The van der Waals surface area contributed by atoms with Crippen LogP contribution in [-0.4, -0.2) is 61.3 Å². The first-order valence-corrected chi connectivity index (χ1v) is 9.59. The maximum Gasteiger partial charge on any atom is 0.335 e. The lowest BCUT2D eigenvalue weighted by molar-refractivity contribution is -0.144. The maximum absolute atomic E-state index is 11.6. The number of piperazine rings is 1. The van der Waals surface area contributed by atoms with Crippen molar-refractivity contribution in [2.45, 2.75) is 6.92 Å². The van der Waals surface area contributed by atoms with Crippen LogP contribution in [0.1, 0.15) is 17.3 Å². The molecule has 29 heavy (non-hydrogen) atoms. The molecule has 8 heteroatoms. The SMILES string of the molecule is CCOC(=O)CN1CCN(c2cccc(Nc3ccc(C(=O)O)cc3N)c2)CC1. The summed E-state index contributed by atoms with van der Waals surface area (Å²) < 4.78 is 5.01. The summed E-state index contributed by atoms with van der Waals surface area (Å²) in [5.74, 6) is -1.19. The van der Waals surface area contributed by atoms with Gasteiger partial charge in [-0.3, -0.25) is 9.69 Å². The van der Waals surface area contributed by atoms with Crippen molar-refractivity contribution in [2.75, 3.05) is 55.3 Å². The smallest absolute Gasteiger partial charge is 0.335 e. The maximum atomic E-state index is 11.6. The second-order valence-corrected chi connectivity index (χ2v) is 6.85. The summed E-state index contributed by atoms with van der Waals surface area (Å²) in [5.41, 5.74) is 9.12. The van der Waals surface area contributed by atoms with Crippen molar-refractivity contribution in [3.63, 3.8) is 0 Å². The molecule has 0 atom stereocenters. The number of nitrogen functional groups attached to an aromatic ring is 1. The Labute approximate surface area is 169 Å². The Kier molecular flexibility index (Phi) is 6.56. The fourth-order valence-electron chi connectivity index (χ4n) is 3.30. The molecule has 0 aliphatic carbocycles. The third-order valence-electron chi connectivity index (χ3n) is 4.82. The van der Waals surface area contributed by atoms with E-state index >= 15 is 0 Å². The van der Waals surface area contributed by atoms with Gasteiger partial charge in [0.05, 0.1) is 30.1 Å². The topological polar surface area (TPSA) is 108 Å². The molecule has 1 fully saturated rings. The highest BCUT2D eigenvalue weighted by molar-refractivity contribution is 5.91. The van der Waals surface area contributed by atoms with Gasteiger partial charge >= 0.3 is 11.9 Å². The van der Waals surface area contributed by atoms with Crippen LogP contribution < -0.4 is 16.0 Å². The minimum Gasteiger partial charge on any atom is -0.478 e. The van der Waals surface area contributed by atoms with E-state index in [2.05, 4.69) is 15.1 Å². The van der Waals surface area contributed by atoms with Gasteiger partial charge in [0.15, 0.2) is 0 Å². The number of anilines is 4. The number of rotatable bonds is 7. The van der Waals surface area contributed by atoms with Crippen LogP contribution in [-0.2, 0) is 9.53 Å². The molecule has 154 valence electrons. The summed E-state index contributed by atoms with van der Waals surface area (Å²) >= 11 is 0. The standard InChI is InChI=1S/C21H26N4O4/c1-2-29-20(26)14-24-8-10-25(11-9-24)17-5-3-4-16(13-17)23-19-7-6-15(21(27)28)12-18(19)22/h3-7,12-13,23H,2,8-11,14,22H2,1H3,(H,27,28). The van der Waals surface area contributed by atoms with E-state index in [1.54, 1.807) is 6.07 Å². The Morgan fingerprint density at radius 2 is 1.90 bits per heavy atom. The van der Waals surface area contributed by atoms with Crippen LogP contribution >= 0.6 is 0 Å². The van der Waals surface area contributed by atoms with Crippen LogP contribution in [0.5, 0.6) is 0 Å². The lowest BCUT2D eigenvalue weighted by atomic mass is 10.1. The van der Waals surface area contributed by atoms with Crippen molar-refractivity contribution in [3.8, 4) is 0 Å². The van der Waals surface area contributed by atoms with Gasteiger partial charge in [0.25, 0.3) is 0 Å². The van der Waals surface area contributed by atoms with Gasteiger partial charge in [-0.1, -0.05) is 6.07 Å². The van der Waals surface area contributed by atoms with Crippen molar-refractivity contribution >= 4 is 34.7 Å². The summed E-state index contributed by atoms with van der Waals surface area (Å²) in [5, 5.41) is 12.3. The first-order chi connectivity index (χ1) is 14.0. The number of hydrogen-bond donors (Lipinski definition) is 3. The summed E-state index contributed by atoms with van der Waals surface area (Å²) in [6.07, 6.45) is 0. The van der Waals surface area contributed by atoms with Crippen molar-refractivity contribution in [1.82, 2.24) is 4.90 Å². The molecule has 2 aromatic rings. The second-order valence-electron chi connectivity index (χ2n) is 6.85. The van der Waals surface area contributed by atoms with Crippen LogP contribution in [0.3, 0.4) is 0 Å². The van der Waals surface area contributed by atoms with Gasteiger partial charge in [0, 0.05) is 37.6 Å². The van der Waals surface area contributed by atoms with E-state index in [0.29, 0.717) is 24.5 Å². The highest BCUT2D eigenvalue weighted by Crippen LogP contribution is 2.27. The first kappa shape index (κ1) is 20.5. The number of carboxylic acid groups (broad SMARTS) is 1. The van der Waals surface area contributed by atoms with Crippen LogP contribution in [0, 0.1) is 0 Å². The Morgan fingerprint density at radius 3 is 2.55 bits per heavy atom. The third kappa shape index (κ3) is 5.39. The molecule has 0 saturated carbocycles. The highest BCUT2D eigenvalue weighted by atomic mass is 16.5. The molecule has 3 rings (SSSR count). The van der Waals surface area contributed by atoms with E-state index in [4.69, 9.17) is 15.6 Å². The van der Waals surface area contributed by atoms with Gasteiger partial charge in [-0.2, -0.15) is 0 Å². The van der Waals surface area contributed by atoms with E-state index in [-0.39, 0.29) is 11.5 Å². The predicted octanol–water partition coefficient (Wildman–Crippen LogP) is 2.40. The van der Waals surface area contributed by atoms with Gasteiger partial charge in [0.1, 0.15) is 0 Å². The molecule has 1 heterocycles. The molecule has 0 aromatic heterocycles. The molecule has 0 radical (unpaired) electrons. The number of esters is 1. The summed E-state index contributed by atoms with van der Waals surface area (Å²) in [7, 11) is 0. The number of nitrogens with one attached hydrogen (secondary N) is 1. The average Bonchev–Trinajstić information content (AvgIpc) is 2.70. The summed E-state index contributed by atoms with van der Waals surface area (Å²) in [4.78, 5) is 27.1. The second kappa shape index (κ2) is 9.29. The zero-order valence-electron chi connectivity index (χ0n) is 16.4. The van der Waals surface area contributed by atoms with Crippen molar-refractivity contribution in [3.05, 3.63) is 48.0 Å². The number of hydrogen-bond acceptors (Lipinski definition) is 7. The Morgan fingerprint density at radius 1 is 1.14 bits per heavy atom. The lowest BCUT2D eigenvalue weighted by Crippen LogP contribution is -2.48. The van der Waals surface area contributed by atoms with Crippen LogP contribution in [0.4, 0.5) is 22.7 Å². The zero-order valence-corrected chi connectivity index (χ0v) is 16.4. The Hall–Kier alpha value is -3.26. The van der Waals surface area contributed by atoms with E-state index in [1.807, 2.05) is 31.2 Å². The molecule has 1 saturated heterocycles. The fraction of sp³-hybridized carbons (Fsp3) is 0.333. The number of carbonyl (C=O) groups excluding carboxylic acids is 1. The van der Waals surface area contributed by atoms with Crippen LogP contribution in [0.15, 0.2) is 42.5 Å². The molecule has 1 aliphatic rings. The number of aromatic carboxylic acids is 1. The number of nitrogens with two attached hydrogens (primary N) is 1. The van der Waals surface area contributed by atoms with Gasteiger partial charge in [-0.05, 0) is 43.3 Å². The zero-order chi connectivity index (χ0) is 20.8. The Bertz CT molecular complexity index is 879. The van der Waals surface area contributed by atoms with Gasteiger partial charge in [0.2, 0.25) is 0 Å². The number of carboxylic acids is 1. The average molecular weight is 398 g/mol. The van der Waals surface area contributed by atoms with E-state index in [0.717, 1.165) is 37.6 Å². The van der Waals surface area contributed by atoms with Crippen molar-refractivity contribution in [1.29, 1.82) is 0 Å². The highest BCUT2D eigenvalue weighted by Gasteiger charge is 2.20. The van der Waals surface area contributed by atoms with E-state index in [9.17, 15) is 9.59 Å². The Balaban J connectivity index is 1.62. The molecule has 0 unspecified atom stereocenters. The van der Waals surface area contributed by atoms with Crippen LogP contribution in [0.25, 0.3) is 0 Å². The number of nitrogens with zero attached hydrogens (tertiary/aromatic N) is 2. The number of carbonyl (C=O) groups is 2. The van der Waals surface area contributed by atoms with E-state index < -0.39 is 5.97 Å². The molecule has 0 amide bonds. The molecule has 1 aliphatic heterocycles. The quantitative estimate of drug-likeness (QED) is 0.482. The number of ether oxygens (including phenoxy) is 1. The fourth-order valence-corrected chi connectivity index (χ4v) is 3.30. The number of benzene rings is 2. The van der Waals surface area contributed by atoms with E-state index in [1.165, 1.54) is 12.1 Å². The minimum absolute atomic E-state index is 0.155. The summed E-state index contributed by atoms with van der Waals surface area (Å²) in [6, 6.07) is 12.6. The lowest BCUT2D eigenvalue weighted by Gasteiger charge is -2.35. The molecular weight excluding hydrogens is 372 g/mol. The van der Waals surface area contributed by atoms with Crippen LogP contribution in [0.2, 0.25) is 0 Å². The first-order valence-electron chi connectivity index (χ1n) is 9.59. The van der Waals surface area contributed by atoms with Gasteiger partial charge in [-0.25, -0.2) is 4.79 Å². The summed E-state index contributed by atoms with van der Waals surface area (Å²) in [6.45, 7) is 5.76. The van der Waals surface area contributed by atoms with Gasteiger partial charge in [-0.15, -0.1) is 0 Å². The molecule has 2 aromatic carbocycles. The predicted molar refractivity (Wildman–Crippen MR) is 113 cm³/mol. The van der Waals surface area contributed by atoms with Crippen molar-refractivity contribution in [2.24, 2.45) is 0 Å². The minimum atomic E-state index is -1.01. The monoisotopic (exact) mass is 398 g/mol. The normalized spacial score (nSPS) is 14.4. The molecule has 8 nitrogen and oxygen atoms in total. The van der Waals surface area contributed by atoms with Gasteiger partial charge < -0.3 is 25.8 Å². The molecule has 4 N–H and O–H groups in total. The molecule has 0 spiro atoms. The largest absolute Gasteiger partial charge is 0.478 e. The molecular formula is C21H26N4O4. The molecule has 0 bridgehead atoms.